The van der Waals surface area contributed by atoms with Crippen LogP contribution in [-0.4, -0.2) is 31.2 Å². The average Bonchev–Trinajstić information content (AvgIpc) is 2.47. The van der Waals surface area contributed by atoms with Gasteiger partial charge in [0.05, 0.1) is 5.52 Å². The van der Waals surface area contributed by atoms with Gasteiger partial charge in [-0.05, 0) is 50.2 Å². The minimum Gasteiger partial charge on any atom is -0.371 e. The van der Waals surface area contributed by atoms with Crippen LogP contribution in [0.1, 0.15) is 12.8 Å². The third-order valence-corrected chi connectivity index (χ3v) is 3.92. The Morgan fingerprint density at radius 2 is 2.05 bits per heavy atom. The third-order valence-electron chi connectivity index (χ3n) is 3.92. The van der Waals surface area contributed by atoms with Gasteiger partial charge in [-0.1, -0.05) is 0 Å². The van der Waals surface area contributed by atoms with Crippen molar-refractivity contribution in [2.24, 2.45) is 0 Å². The van der Waals surface area contributed by atoms with Crippen molar-refractivity contribution < 1.29 is 4.39 Å². The molecule has 1 saturated heterocycles. The lowest BCUT2D eigenvalue weighted by atomic mass is 10.0. The summed E-state index contributed by atoms with van der Waals surface area (Å²) in [5, 5.41) is 4.26. The van der Waals surface area contributed by atoms with Gasteiger partial charge in [0.2, 0.25) is 0 Å². The largest absolute Gasteiger partial charge is 0.371 e. The van der Waals surface area contributed by atoms with Crippen LogP contribution in [0.2, 0.25) is 0 Å². The van der Waals surface area contributed by atoms with Crippen LogP contribution in [0.5, 0.6) is 0 Å². The maximum atomic E-state index is 13.5. The fourth-order valence-electron chi connectivity index (χ4n) is 2.80. The van der Waals surface area contributed by atoms with Gasteiger partial charge in [0.15, 0.2) is 0 Å². The molecule has 1 N–H and O–H groups in total. The zero-order valence-corrected chi connectivity index (χ0v) is 11.1. The van der Waals surface area contributed by atoms with E-state index in [2.05, 4.69) is 22.2 Å². The summed E-state index contributed by atoms with van der Waals surface area (Å²) in [7, 11) is 2.09. The first-order chi connectivity index (χ1) is 9.25. The summed E-state index contributed by atoms with van der Waals surface area (Å²) in [6.45, 7) is 2.10. The molecule has 3 nitrogen and oxygen atoms in total. The number of pyridine rings is 1. The second-order valence-corrected chi connectivity index (χ2v) is 5.08. The topological polar surface area (TPSA) is 28.2 Å². The highest BCUT2D eigenvalue weighted by molar-refractivity contribution is 5.91. The minimum atomic E-state index is -0.208. The van der Waals surface area contributed by atoms with Crippen LogP contribution >= 0.6 is 0 Å². The molecular formula is C15H18FN3. The molecule has 0 radical (unpaired) electrons. The molecule has 1 aromatic heterocycles. The van der Waals surface area contributed by atoms with Crippen molar-refractivity contribution >= 4 is 16.6 Å². The van der Waals surface area contributed by atoms with Crippen molar-refractivity contribution in [1.29, 1.82) is 0 Å². The standard InChI is InChI=1S/C15H18FN3/c1-19(12-4-7-17-8-5-12)15-6-9-18-14-3-2-11(16)10-13(14)15/h2-3,6,9-10,12,17H,4-5,7-8H2,1H3. The van der Waals surface area contributed by atoms with E-state index in [9.17, 15) is 4.39 Å². The number of benzene rings is 1. The summed E-state index contributed by atoms with van der Waals surface area (Å²) in [5.41, 5.74) is 1.91. The monoisotopic (exact) mass is 259 g/mol. The molecule has 1 fully saturated rings. The zero-order valence-electron chi connectivity index (χ0n) is 11.1. The van der Waals surface area contributed by atoms with Gasteiger partial charge >= 0.3 is 0 Å². The summed E-state index contributed by atoms with van der Waals surface area (Å²) >= 11 is 0. The van der Waals surface area contributed by atoms with E-state index in [0.717, 1.165) is 42.5 Å². The van der Waals surface area contributed by atoms with Crippen LogP contribution in [0.25, 0.3) is 10.9 Å². The number of rotatable bonds is 2. The lowest BCUT2D eigenvalue weighted by Gasteiger charge is -2.33. The highest BCUT2D eigenvalue weighted by Gasteiger charge is 2.19. The Labute approximate surface area is 112 Å². The summed E-state index contributed by atoms with van der Waals surface area (Å²) < 4.78 is 13.5. The second kappa shape index (κ2) is 5.13. The number of nitrogens with zero attached hydrogens (tertiary/aromatic N) is 2. The maximum absolute atomic E-state index is 13.5. The van der Waals surface area contributed by atoms with Crippen LogP contribution in [0.15, 0.2) is 30.5 Å². The van der Waals surface area contributed by atoms with Gasteiger partial charge in [-0.25, -0.2) is 4.39 Å². The van der Waals surface area contributed by atoms with Gasteiger partial charge in [-0.3, -0.25) is 4.98 Å². The molecular weight excluding hydrogens is 241 g/mol. The molecule has 2 heterocycles. The summed E-state index contributed by atoms with van der Waals surface area (Å²) in [5.74, 6) is -0.208. The normalized spacial score (nSPS) is 16.7. The van der Waals surface area contributed by atoms with Crippen molar-refractivity contribution in [3.63, 3.8) is 0 Å². The number of piperidine rings is 1. The van der Waals surface area contributed by atoms with Gasteiger partial charge in [0, 0.05) is 30.4 Å². The predicted molar refractivity (Wildman–Crippen MR) is 76.0 cm³/mol. The highest BCUT2D eigenvalue weighted by atomic mass is 19.1. The number of fused-ring (bicyclic) bond motifs is 1. The molecule has 0 atom stereocenters. The van der Waals surface area contributed by atoms with E-state index >= 15 is 0 Å². The Morgan fingerprint density at radius 3 is 2.84 bits per heavy atom. The number of aromatic nitrogens is 1. The molecule has 0 unspecified atom stereocenters. The molecule has 19 heavy (non-hydrogen) atoms. The van der Waals surface area contributed by atoms with Crippen molar-refractivity contribution in [2.45, 2.75) is 18.9 Å². The van der Waals surface area contributed by atoms with E-state index in [-0.39, 0.29) is 5.82 Å². The smallest absolute Gasteiger partial charge is 0.124 e. The molecule has 3 rings (SSSR count). The lowest BCUT2D eigenvalue weighted by molar-refractivity contribution is 0.444. The Morgan fingerprint density at radius 1 is 1.26 bits per heavy atom. The number of hydrogen-bond acceptors (Lipinski definition) is 3. The number of halogens is 1. The van der Waals surface area contributed by atoms with Crippen LogP contribution in [-0.2, 0) is 0 Å². The molecule has 1 aliphatic rings. The van der Waals surface area contributed by atoms with Gasteiger partial charge in [0.25, 0.3) is 0 Å². The second-order valence-electron chi connectivity index (χ2n) is 5.08. The molecule has 0 saturated carbocycles. The zero-order chi connectivity index (χ0) is 13.2. The minimum absolute atomic E-state index is 0.208. The SMILES string of the molecule is CN(c1ccnc2ccc(F)cc12)C1CCNCC1. The van der Waals surface area contributed by atoms with Gasteiger partial charge in [0.1, 0.15) is 5.82 Å². The Hall–Kier alpha value is -1.68. The summed E-state index contributed by atoms with van der Waals surface area (Å²) in [6, 6.07) is 7.27. The first-order valence-electron chi connectivity index (χ1n) is 6.73. The predicted octanol–water partition coefficient (Wildman–Crippen LogP) is 2.56. The fourth-order valence-corrected chi connectivity index (χ4v) is 2.80. The summed E-state index contributed by atoms with van der Waals surface area (Å²) in [6.07, 6.45) is 4.04. The first kappa shape index (κ1) is 12.4. The van der Waals surface area contributed by atoms with Gasteiger partial charge in [-0.15, -0.1) is 0 Å². The lowest BCUT2D eigenvalue weighted by Crippen LogP contribution is -2.41. The van der Waals surface area contributed by atoms with Gasteiger partial charge in [-0.2, -0.15) is 0 Å². The van der Waals surface area contributed by atoms with E-state index in [1.165, 1.54) is 6.07 Å². The molecule has 1 aliphatic heterocycles. The molecule has 100 valence electrons. The van der Waals surface area contributed by atoms with E-state index in [1.54, 1.807) is 18.3 Å². The van der Waals surface area contributed by atoms with Crippen molar-refractivity contribution in [3.05, 3.63) is 36.3 Å². The molecule has 1 aromatic carbocycles. The molecule has 0 amide bonds. The molecule has 0 aliphatic carbocycles. The number of nitrogens with one attached hydrogen (secondary N) is 1. The number of anilines is 1. The van der Waals surface area contributed by atoms with Crippen molar-refractivity contribution in [3.8, 4) is 0 Å². The van der Waals surface area contributed by atoms with E-state index in [4.69, 9.17) is 0 Å². The molecule has 0 spiro atoms. The Balaban J connectivity index is 2.01. The van der Waals surface area contributed by atoms with Crippen LogP contribution in [0.3, 0.4) is 0 Å². The van der Waals surface area contributed by atoms with E-state index in [0.29, 0.717) is 6.04 Å². The average molecular weight is 259 g/mol. The number of hydrogen-bond donors (Lipinski definition) is 1. The van der Waals surface area contributed by atoms with Gasteiger partial charge < -0.3 is 10.2 Å². The first-order valence-corrected chi connectivity index (χ1v) is 6.73. The van der Waals surface area contributed by atoms with E-state index in [1.807, 2.05) is 6.07 Å². The van der Waals surface area contributed by atoms with Crippen molar-refractivity contribution in [2.75, 3.05) is 25.0 Å². The van der Waals surface area contributed by atoms with Crippen LogP contribution in [0, 0.1) is 5.82 Å². The fraction of sp³-hybridized carbons (Fsp3) is 0.400. The Bertz CT molecular complexity index is 579. The van der Waals surface area contributed by atoms with Crippen LogP contribution in [0.4, 0.5) is 10.1 Å². The molecule has 0 bridgehead atoms. The highest BCUT2D eigenvalue weighted by Crippen LogP contribution is 2.28. The van der Waals surface area contributed by atoms with Crippen molar-refractivity contribution in [1.82, 2.24) is 10.3 Å². The summed E-state index contributed by atoms with van der Waals surface area (Å²) in [4.78, 5) is 6.57. The quantitative estimate of drug-likeness (QED) is 0.898. The van der Waals surface area contributed by atoms with E-state index < -0.39 is 0 Å². The Kier molecular flexibility index (Phi) is 3.34. The molecule has 4 heteroatoms. The molecule has 2 aromatic rings. The maximum Gasteiger partial charge on any atom is 0.124 e. The van der Waals surface area contributed by atoms with Crippen LogP contribution < -0.4 is 10.2 Å². The third kappa shape index (κ3) is 2.40.